The van der Waals surface area contributed by atoms with Gasteiger partial charge in [-0.3, -0.25) is 4.79 Å². The Labute approximate surface area is 163 Å². The van der Waals surface area contributed by atoms with Crippen LogP contribution in [0.1, 0.15) is 48.8 Å². The van der Waals surface area contributed by atoms with Crippen molar-refractivity contribution in [2.75, 3.05) is 0 Å². The quantitative estimate of drug-likeness (QED) is 0.451. The molecule has 0 spiro atoms. The fourth-order valence-corrected chi connectivity index (χ4v) is 4.23. The Hall–Kier alpha value is -2.66. The van der Waals surface area contributed by atoms with Crippen LogP contribution in [0.2, 0.25) is 0 Å². The number of benzene rings is 1. The van der Waals surface area contributed by atoms with Gasteiger partial charge >= 0.3 is 5.97 Å². The van der Waals surface area contributed by atoms with E-state index in [4.69, 9.17) is 4.74 Å². The topological polar surface area (TPSA) is 48.3 Å². The molecule has 0 saturated carbocycles. The van der Waals surface area contributed by atoms with E-state index in [1.54, 1.807) is 24.3 Å². The molecule has 1 atom stereocenters. The Morgan fingerprint density at radius 2 is 1.67 bits per heavy atom. The first kappa shape index (κ1) is 19.1. The number of hydrogen-bond acceptors (Lipinski definition) is 4. The molecule has 27 heavy (non-hydrogen) atoms. The third-order valence-electron chi connectivity index (χ3n) is 4.62. The number of para-hydroxylation sites is 1. The van der Waals surface area contributed by atoms with Crippen LogP contribution in [-0.2, 0) is 4.74 Å². The first-order valence-corrected chi connectivity index (χ1v) is 9.68. The van der Waals surface area contributed by atoms with Gasteiger partial charge in [0.1, 0.15) is 0 Å². The third kappa shape index (κ3) is 3.74. The molecule has 0 bridgehead atoms. The summed E-state index contributed by atoms with van der Waals surface area (Å²) in [5.41, 5.74) is 3.92. The molecule has 4 nitrogen and oxygen atoms in total. The Balaban J connectivity index is 1.84. The van der Waals surface area contributed by atoms with Crippen molar-refractivity contribution in [3.05, 3.63) is 74.7 Å². The van der Waals surface area contributed by atoms with E-state index in [0.717, 1.165) is 26.8 Å². The zero-order chi connectivity index (χ0) is 19.7. The summed E-state index contributed by atoms with van der Waals surface area (Å²) >= 11 is 1.55. The molecule has 3 rings (SSSR count). The molecular formula is C22H23NO3S. The molecule has 0 N–H and O–H groups in total. The van der Waals surface area contributed by atoms with Gasteiger partial charge in [0.05, 0.1) is 5.56 Å². The average Bonchev–Trinajstić information content (AvgIpc) is 3.12. The molecule has 0 aliphatic heterocycles. The minimum atomic E-state index is -0.846. The average molecular weight is 381 g/mol. The summed E-state index contributed by atoms with van der Waals surface area (Å²) in [6, 6.07) is 13.5. The summed E-state index contributed by atoms with van der Waals surface area (Å²) in [4.78, 5) is 27.3. The number of thiophene rings is 1. The van der Waals surface area contributed by atoms with Crippen molar-refractivity contribution in [3.8, 4) is 5.69 Å². The van der Waals surface area contributed by atoms with Crippen LogP contribution in [0.25, 0.3) is 5.69 Å². The molecule has 3 aromatic rings. The number of aromatic nitrogens is 1. The number of hydrogen-bond donors (Lipinski definition) is 0. The van der Waals surface area contributed by atoms with Crippen LogP contribution in [0.5, 0.6) is 0 Å². The Bertz CT molecular complexity index is 998. The van der Waals surface area contributed by atoms with Crippen LogP contribution in [0.4, 0.5) is 0 Å². The highest BCUT2D eigenvalue weighted by atomic mass is 32.1. The number of esters is 1. The second-order valence-electron chi connectivity index (χ2n) is 6.69. The molecule has 0 amide bonds. The maximum Gasteiger partial charge on any atom is 0.339 e. The molecule has 0 unspecified atom stereocenters. The van der Waals surface area contributed by atoms with E-state index in [2.05, 4.69) is 0 Å². The van der Waals surface area contributed by atoms with E-state index in [0.29, 0.717) is 11.1 Å². The minimum Gasteiger partial charge on any atom is -0.451 e. The SMILES string of the molecule is Cc1cc(C(=O)O[C@@H](C)C(=O)c2cc(C)n(-c3ccccc3)c2C)c(C)s1. The van der Waals surface area contributed by atoms with Crippen molar-refractivity contribution >= 4 is 23.1 Å². The lowest BCUT2D eigenvalue weighted by Crippen LogP contribution is -2.25. The van der Waals surface area contributed by atoms with Crippen molar-refractivity contribution in [2.24, 2.45) is 0 Å². The van der Waals surface area contributed by atoms with Gasteiger partial charge in [-0.15, -0.1) is 11.3 Å². The van der Waals surface area contributed by atoms with Crippen molar-refractivity contribution in [3.63, 3.8) is 0 Å². The lowest BCUT2D eigenvalue weighted by atomic mass is 10.1. The highest BCUT2D eigenvalue weighted by Gasteiger charge is 2.25. The standard InChI is InChI=1S/C22H23NO3S/c1-13-11-19(15(3)23(13)18-9-7-6-8-10-18)21(24)16(4)26-22(25)20-12-14(2)27-17(20)5/h6-12,16H,1-5H3/t16-/m0/s1. The van der Waals surface area contributed by atoms with Gasteiger partial charge in [0, 0.05) is 32.4 Å². The highest BCUT2D eigenvalue weighted by Crippen LogP contribution is 2.24. The van der Waals surface area contributed by atoms with Crippen LogP contribution >= 0.6 is 11.3 Å². The molecule has 0 saturated heterocycles. The number of ether oxygens (including phenoxy) is 1. The molecule has 2 heterocycles. The number of rotatable bonds is 5. The van der Waals surface area contributed by atoms with Crippen LogP contribution in [0.15, 0.2) is 42.5 Å². The largest absolute Gasteiger partial charge is 0.451 e. The summed E-state index contributed by atoms with van der Waals surface area (Å²) in [6.07, 6.45) is -0.846. The summed E-state index contributed by atoms with van der Waals surface area (Å²) in [7, 11) is 0. The first-order chi connectivity index (χ1) is 12.8. The van der Waals surface area contributed by atoms with Gasteiger partial charge in [-0.25, -0.2) is 4.79 Å². The fraction of sp³-hybridized carbons (Fsp3) is 0.273. The van der Waals surface area contributed by atoms with Crippen molar-refractivity contribution in [1.29, 1.82) is 0 Å². The van der Waals surface area contributed by atoms with E-state index in [1.807, 2.05) is 68.7 Å². The zero-order valence-corrected chi connectivity index (χ0v) is 17.0. The van der Waals surface area contributed by atoms with Crippen LogP contribution < -0.4 is 0 Å². The molecular weight excluding hydrogens is 358 g/mol. The number of nitrogens with zero attached hydrogens (tertiary/aromatic N) is 1. The smallest absolute Gasteiger partial charge is 0.339 e. The second-order valence-corrected chi connectivity index (χ2v) is 8.15. The molecule has 5 heteroatoms. The van der Waals surface area contributed by atoms with Gasteiger partial charge in [0.15, 0.2) is 6.10 Å². The molecule has 2 aromatic heterocycles. The number of ketones is 1. The van der Waals surface area contributed by atoms with Gasteiger partial charge in [-0.2, -0.15) is 0 Å². The molecule has 0 aliphatic carbocycles. The van der Waals surface area contributed by atoms with E-state index in [9.17, 15) is 9.59 Å². The first-order valence-electron chi connectivity index (χ1n) is 8.86. The number of aryl methyl sites for hydroxylation is 3. The summed E-state index contributed by atoms with van der Waals surface area (Å²) in [6.45, 7) is 9.33. The van der Waals surface area contributed by atoms with Crippen LogP contribution in [-0.4, -0.2) is 22.4 Å². The maximum atomic E-state index is 12.9. The lowest BCUT2D eigenvalue weighted by Gasteiger charge is -2.13. The summed E-state index contributed by atoms with van der Waals surface area (Å²) < 4.78 is 7.50. The van der Waals surface area contributed by atoms with Crippen LogP contribution in [0.3, 0.4) is 0 Å². The monoisotopic (exact) mass is 381 g/mol. The fourth-order valence-electron chi connectivity index (χ4n) is 3.32. The van der Waals surface area contributed by atoms with Gasteiger partial charge in [0.25, 0.3) is 0 Å². The predicted molar refractivity (Wildman–Crippen MR) is 108 cm³/mol. The number of carbonyl (C=O) groups is 2. The van der Waals surface area contributed by atoms with Crippen molar-refractivity contribution in [1.82, 2.24) is 4.57 Å². The van der Waals surface area contributed by atoms with Gasteiger partial charge < -0.3 is 9.30 Å². The van der Waals surface area contributed by atoms with E-state index in [-0.39, 0.29) is 5.78 Å². The van der Waals surface area contributed by atoms with Crippen molar-refractivity contribution in [2.45, 2.75) is 40.7 Å². The summed E-state index contributed by atoms with van der Waals surface area (Å²) in [5.74, 6) is -0.641. The molecule has 0 fully saturated rings. The van der Waals surface area contributed by atoms with Gasteiger partial charge in [0.2, 0.25) is 5.78 Å². The number of carbonyl (C=O) groups excluding carboxylic acids is 2. The molecule has 1 aromatic carbocycles. The lowest BCUT2D eigenvalue weighted by molar-refractivity contribution is 0.0318. The van der Waals surface area contributed by atoms with Crippen molar-refractivity contribution < 1.29 is 14.3 Å². The molecule has 0 aliphatic rings. The van der Waals surface area contributed by atoms with Gasteiger partial charge in [-0.1, -0.05) is 18.2 Å². The zero-order valence-electron chi connectivity index (χ0n) is 16.2. The van der Waals surface area contributed by atoms with E-state index >= 15 is 0 Å². The summed E-state index contributed by atoms with van der Waals surface area (Å²) in [5, 5.41) is 0. The molecule has 140 valence electrons. The maximum absolute atomic E-state index is 12.9. The number of Topliss-reactive ketones (excluding diaryl/α,β-unsaturated/α-hetero) is 1. The molecule has 0 radical (unpaired) electrons. The third-order valence-corrected chi connectivity index (χ3v) is 5.59. The van der Waals surface area contributed by atoms with Crippen LogP contribution in [0, 0.1) is 27.7 Å². The highest BCUT2D eigenvalue weighted by molar-refractivity contribution is 7.12. The van der Waals surface area contributed by atoms with Gasteiger partial charge in [-0.05, 0) is 58.9 Å². The minimum absolute atomic E-state index is 0.191. The van der Waals surface area contributed by atoms with E-state index < -0.39 is 12.1 Å². The Morgan fingerprint density at radius 3 is 2.26 bits per heavy atom. The second kappa shape index (κ2) is 7.53. The predicted octanol–water partition coefficient (Wildman–Crippen LogP) is 5.20. The van der Waals surface area contributed by atoms with E-state index in [1.165, 1.54) is 0 Å². The Morgan fingerprint density at radius 1 is 1.00 bits per heavy atom. The Kier molecular flexibility index (Phi) is 5.33. The normalized spacial score (nSPS) is 12.0.